The van der Waals surface area contributed by atoms with E-state index < -0.39 is 5.97 Å². The van der Waals surface area contributed by atoms with Crippen LogP contribution >= 0.6 is 12.2 Å². The van der Waals surface area contributed by atoms with Crippen molar-refractivity contribution < 1.29 is 19.4 Å². The molecule has 0 aliphatic carbocycles. The Morgan fingerprint density at radius 2 is 2.00 bits per heavy atom. The van der Waals surface area contributed by atoms with E-state index in [1.807, 2.05) is 38.1 Å². The Balaban J connectivity index is 1.84. The molecule has 138 valence electrons. The van der Waals surface area contributed by atoms with Crippen LogP contribution in [0, 0.1) is 6.92 Å². The van der Waals surface area contributed by atoms with Gasteiger partial charge in [-0.2, -0.15) is 0 Å². The summed E-state index contributed by atoms with van der Waals surface area (Å²) in [6.45, 7) is 3.75. The lowest BCUT2D eigenvalue weighted by atomic mass is 10.1. The highest BCUT2D eigenvalue weighted by molar-refractivity contribution is 7.80. The molecule has 0 amide bonds. The fourth-order valence-corrected chi connectivity index (χ4v) is 2.59. The van der Waals surface area contributed by atoms with E-state index in [4.69, 9.17) is 21.7 Å². The number of esters is 1. The minimum Gasteiger partial charge on any atom is -0.503 e. The number of methoxy groups -OCH3 is 1. The van der Waals surface area contributed by atoms with E-state index in [1.165, 1.54) is 24.9 Å². The number of ether oxygens (including phenoxy) is 2. The molecule has 1 heterocycles. The molecule has 1 atom stereocenters. The predicted molar refractivity (Wildman–Crippen MR) is 103 cm³/mol. The number of nitrogens with one attached hydrogen (secondary N) is 1. The molecule has 2 rings (SSSR count). The van der Waals surface area contributed by atoms with Crippen LogP contribution in [0.2, 0.25) is 0 Å². The molecule has 6 nitrogen and oxygen atoms in total. The molecule has 1 aromatic carbocycles. The van der Waals surface area contributed by atoms with Gasteiger partial charge in [0, 0.05) is 18.7 Å². The number of aryl methyl sites for hydroxylation is 1. The van der Waals surface area contributed by atoms with Gasteiger partial charge < -0.3 is 19.9 Å². The summed E-state index contributed by atoms with van der Waals surface area (Å²) in [5.74, 6) is -0.351. The van der Waals surface area contributed by atoms with Gasteiger partial charge in [-0.3, -0.25) is 4.79 Å². The standard InChI is InChI=1S/C19H22N2O4S/c1-12-4-6-14(7-5-12)10-13(2)25-16(22)11-21-19(26)17-18(23)15(24-3)8-9-20-17/h4-9,13,23H,10-11H2,1-3H3,(H,21,26). The molecule has 7 heteroatoms. The first-order chi connectivity index (χ1) is 12.4. The molecule has 1 aromatic heterocycles. The lowest BCUT2D eigenvalue weighted by Gasteiger charge is -2.15. The van der Waals surface area contributed by atoms with Gasteiger partial charge in [-0.05, 0) is 19.4 Å². The largest absolute Gasteiger partial charge is 0.503 e. The van der Waals surface area contributed by atoms with Gasteiger partial charge >= 0.3 is 5.97 Å². The van der Waals surface area contributed by atoms with Gasteiger partial charge in [0.15, 0.2) is 11.5 Å². The number of pyridine rings is 1. The first kappa shape index (κ1) is 19.7. The van der Waals surface area contributed by atoms with Crippen molar-refractivity contribution in [1.29, 1.82) is 0 Å². The number of aromatic hydroxyl groups is 1. The van der Waals surface area contributed by atoms with Crippen LogP contribution in [0.4, 0.5) is 0 Å². The highest BCUT2D eigenvalue weighted by Gasteiger charge is 2.16. The molecule has 0 aliphatic heterocycles. The Hall–Kier alpha value is -2.67. The van der Waals surface area contributed by atoms with E-state index in [0.717, 1.165) is 5.56 Å². The molecule has 26 heavy (non-hydrogen) atoms. The second-order valence-electron chi connectivity index (χ2n) is 5.88. The molecule has 2 aromatic rings. The van der Waals surface area contributed by atoms with Crippen LogP contribution in [0.15, 0.2) is 36.5 Å². The van der Waals surface area contributed by atoms with E-state index in [2.05, 4.69) is 10.3 Å². The Kier molecular flexibility index (Phi) is 6.91. The summed E-state index contributed by atoms with van der Waals surface area (Å²) in [4.78, 5) is 16.1. The van der Waals surface area contributed by atoms with Crippen LogP contribution in [0.5, 0.6) is 11.5 Å². The minimum absolute atomic E-state index is 0.116. The fraction of sp³-hybridized carbons (Fsp3) is 0.316. The summed E-state index contributed by atoms with van der Waals surface area (Å²) in [6.07, 6.45) is 1.84. The monoisotopic (exact) mass is 374 g/mol. The fourth-order valence-electron chi connectivity index (χ4n) is 2.37. The van der Waals surface area contributed by atoms with E-state index in [1.54, 1.807) is 0 Å². The molecule has 0 fully saturated rings. The average Bonchev–Trinajstić information content (AvgIpc) is 2.61. The lowest BCUT2D eigenvalue weighted by Crippen LogP contribution is -2.32. The number of hydrogen-bond acceptors (Lipinski definition) is 6. The summed E-state index contributed by atoms with van der Waals surface area (Å²) >= 11 is 5.17. The zero-order chi connectivity index (χ0) is 19.1. The maximum absolute atomic E-state index is 12.0. The maximum Gasteiger partial charge on any atom is 0.325 e. The smallest absolute Gasteiger partial charge is 0.325 e. The van der Waals surface area contributed by atoms with E-state index in [9.17, 15) is 9.90 Å². The van der Waals surface area contributed by atoms with E-state index >= 15 is 0 Å². The van der Waals surface area contributed by atoms with Crippen LogP contribution in [0.25, 0.3) is 0 Å². The molecular formula is C19H22N2O4S. The number of carbonyl (C=O) groups is 1. The van der Waals surface area contributed by atoms with E-state index in [-0.39, 0.29) is 34.8 Å². The van der Waals surface area contributed by atoms with Crippen molar-refractivity contribution in [3.8, 4) is 11.5 Å². The van der Waals surface area contributed by atoms with Gasteiger partial charge in [-0.1, -0.05) is 42.0 Å². The summed E-state index contributed by atoms with van der Waals surface area (Å²) in [7, 11) is 1.43. The van der Waals surface area contributed by atoms with Crippen LogP contribution in [0.3, 0.4) is 0 Å². The Bertz CT molecular complexity index is 778. The van der Waals surface area contributed by atoms with Gasteiger partial charge in [0.1, 0.15) is 23.3 Å². The number of hydrogen-bond donors (Lipinski definition) is 2. The number of carbonyl (C=O) groups excluding carboxylic acids is 1. The van der Waals surface area contributed by atoms with Crippen LogP contribution in [-0.2, 0) is 16.0 Å². The third kappa shape index (κ3) is 5.42. The number of nitrogens with zero attached hydrogens (tertiary/aromatic N) is 1. The topological polar surface area (TPSA) is 80.7 Å². The highest BCUT2D eigenvalue weighted by Crippen LogP contribution is 2.27. The van der Waals surface area contributed by atoms with Crippen LogP contribution in [0.1, 0.15) is 23.7 Å². The predicted octanol–water partition coefficient (Wildman–Crippen LogP) is 2.54. The van der Waals surface area contributed by atoms with Crippen molar-refractivity contribution in [2.45, 2.75) is 26.4 Å². The van der Waals surface area contributed by atoms with Crippen molar-refractivity contribution in [1.82, 2.24) is 10.3 Å². The zero-order valence-electron chi connectivity index (χ0n) is 15.0. The Morgan fingerprint density at radius 1 is 1.31 bits per heavy atom. The summed E-state index contributed by atoms with van der Waals surface area (Å²) in [6, 6.07) is 9.60. The number of thiocarbonyl (C=S) groups is 1. The van der Waals surface area contributed by atoms with Gasteiger partial charge in [-0.15, -0.1) is 0 Å². The van der Waals surface area contributed by atoms with Crippen molar-refractivity contribution in [3.63, 3.8) is 0 Å². The van der Waals surface area contributed by atoms with Gasteiger partial charge in [0.05, 0.1) is 7.11 Å². The van der Waals surface area contributed by atoms with Gasteiger partial charge in [0.25, 0.3) is 0 Å². The molecule has 0 aliphatic rings. The normalized spacial score (nSPS) is 11.5. The molecule has 2 N–H and O–H groups in total. The second kappa shape index (κ2) is 9.15. The number of rotatable bonds is 7. The zero-order valence-corrected chi connectivity index (χ0v) is 15.8. The molecule has 0 radical (unpaired) electrons. The maximum atomic E-state index is 12.0. The van der Waals surface area contributed by atoms with E-state index in [0.29, 0.717) is 6.42 Å². The molecule has 0 spiro atoms. The summed E-state index contributed by atoms with van der Waals surface area (Å²) in [5.41, 5.74) is 2.44. The van der Waals surface area contributed by atoms with Crippen molar-refractivity contribution in [2.24, 2.45) is 0 Å². The third-order valence-electron chi connectivity index (χ3n) is 3.69. The van der Waals surface area contributed by atoms with Crippen LogP contribution < -0.4 is 10.1 Å². The van der Waals surface area contributed by atoms with Crippen molar-refractivity contribution >= 4 is 23.2 Å². The molecule has 1 unspecified atom stereocenters. The first-order valence-corrected chi connectivity index (χ1v) is 8.56. The van der Waals surface area contributed by atoms with Gasteiger partial charge in [-0.25, -0.2) is 4.98 Å². The Labute approximate surface area is 158 Å². The highest BCUT2D eigenvalue weighted by atomic mass is 32.1. The number of benzene rings is 1. The Morgan fingerprint density at radius 3 is 2.65 bits per heavy atom. The quantitative estimate of drug-likeness (QED) is 0.569. The molecular weight excluding hydrogens is 352 g/mol. The summed E-state index contributed by atoms with van der Waals surface area (Å²) < 4.78 is 10.4. The second-order valence-corrected chi connectivity index (χ2v) is 6.29. The number of aromatic nitrogens is 1. The average molecular weight is 374 g/mol. The molecule has 0 bridgehead atoms. The lowest BCUT2D eigenvalue weighted by molar-refractivity contribution is -0.146. The first-order valence-electron chi connectivity index (χ1n) is 8.16. The van der Waals surface area contributed by atoms with Crippen LogP contribution in [-0.4, -0.2) is 40.8 Å². The molecule has 0 saturated heterocycles. The molecule has 0 saturated carbocycles. The van der Waals surface area contributed by atoms with Crippen molar-refractivity contribution in [3.05, 3.63) is 53.3 Å². The van der Waals surface area contributed by atoms with Crippen molar-refractivity contribution in [2.75, 3.05) is 13.7 Å². The third-order valence-corrected chi connectivity index (χ3v) is 4.03. The summed E-state index contributed by atoms with van der Waals surface area (Å²) in [5, 5.41) is 12.8. The SMILES string of the molecule is COc1ccnc(C(=S)NCC(=O)OC(C)Cc2ccc(C)cc2)c1O. The minimum atomic E-state index is -0.436. The van der Waals surface area contributed by atoms with Gasteiger partial charge in [0.2, 0.25) is 0 Å².